The van der Waals surface area contributed by atoms with Gasteiger partial charge in [0, 0.05) is 35.6 Å². The van der Waals surface area contributed by atoms with Crippen LogP contribution in [0.5, 0.6) is 5.75 Å². The van der Waals surface area contributed by atoms with Crippen molar-refractivity contribution in [2.24, 2.45) is 0 Å². The zero-order valence-corrected chi connectivity index (χ0v) is 9.33. The Hall–Kier alpha value is -1.52. The van der Waals surface area contributed by atoms with Crippen LogP contribution in [-0.2, 0) is 13.1 Å². The molecular weight excluding hydrogens is 226 g/mol. The summed E-state index contributed by atoms with van der Waals surface area (Å²) in [6.45, 7) is 1.23. The van der Waals surface area contributed by atoms with Crippen molar-refractivity contribution >= 4 is 11.6 Å². The van der Waals surface area contributed by atoms with E-state index in [9.17, 15) is 5.11 Å². The monoisotopic (exact) mass is 237 g/mol. The first-order valence-corrected chi connectivity index (χ1v) is 5.29. The van der Waals surface area contributed by atoms with Crippen molar-refractivity contribution in [1.82, 2.24) is 15.3 Å². The van der Waals surface area contributed by atoms with Crippen LogP contribution in [0.15, 0.2) is 30.7 Å². The molecule has 4 nitrogen and oxygen atoms in total. The number of phenolic OH excluding ortho intramolecular Hbond substituents is 1. The molecule has 0 unspecified atom stereocenters. The number of rotatable bonds is 4. The SMILES string of the molecule is Oc1ccc(Cl)cc1CNCc1cnc[nH]1. The molecule has 3 N–H and O–H groups in total. The van der Waals surface area contributed by atoms with Gasteiger partial charge in [0.15, 0.2) is 0 Å². The summed E-state index contributed by atoms with van der Waals surface area (Å²) in [5.74, 6) is 0.251. The quantitative estimate of drug-likeness (QED) is 0.763. The summed E-state index contributed by atoms with van der Waals surface area (Å²) in [4.78, 5) is 6.90. The van der Waals surface area contributed by atoms with Crippen LogP contribution < -0.4 is 5.32 Å². The molecule has 1 aromatic heterocycles. The van der Waals surface area contributed by atoms with Crippen LogP contribution in [0.4, 0.5) is 0 Å². The molecule has 1 heterocycles. The minimum Gasteiger partial charge on any atom is -0.508 e. The van der Waals surface area contributed by atoms with Crippen molar-refractivity contribution in [2.45, 2.75) is 13.1 Å². The number of benzene rings is 1. The Morgan fingerprint density at radius 3 is 3.00 bits per heavy atom. The average Bonchev–Trinajstić information content (AvgIpc) is 2.76. The van der Waals surface area contributed by atoms with Crippen molar-refractivity contribution in [1.29, 1.82) is 0 Å². The van der Waals surface area contributed by atoms with Gasteiger partial charge in [-0.05, 0) is 18.2 Å². The normalized spacial score (nSPS) is 10.6. The molecule has 0 radical (unpaired) electrons. The molecule has 2 aromatic rings. The molecule has 16 heavy (non-hydrogen) atoms. The first-order chi connectivity index (χ1) is 7.75. The third-order valence-electron chi connectivity index (χ3n) is 2.23. The van der Waals surface area contributed by atoms with Gasteiger partial charge in [-0.2, -0.15) is 0 Å². The minimum absolute atomic E-state index is 0.251. The van der Waals surface area contributed by atoms with E-state index in [1.807, 2.05) is 0 Å². The van der Waals surface area contributed by atoms with Crippen molar-refractivity contribution < 1.29 is 5.11 Å². The van der Waals surface area contributed by atoms with Crippen LogP contribution >= 0.6 is 11.6 Å². The molecule has 0 atom stereocenters. The van der Waals surface area contributed by atoms with Gasteiger partial charge in [0.25, 0.3) is 0 Å². The third kappa shape index (κ3) is 2.74. The Kier molecular flexibility index (Phi) is 3.44. The summed E-state index contributed by atoms with van der Waals surface area (Å²) in [5, 5.41) is 13.4. The van der Waals surface area contributed by atoms with E-state index in [0.717, 1.165) is 11.3 Å². The number of phenols is 1. The predicted molar refractivity (Wildman–Crippen MR) is 62.2 cm³/mol. The molecule has 5 heteroatoms. The van der Waals surface area contributed by atoms with Gasteiger partial charge in [0.2, 0.25) is 0 Å². The van der Waals surface area contributed by atoms with E-state index in [0.29, 0.717) is 18.1 Å². The van der Waals surface area contributed by atoms with E-state index in [1.165, 1.54) is 0 Å². The Bertz CT molecular complexity index is 456. The highest BCUT2D eigenvalue weighted by atomic mass is 35.5. The number of aromatic amines is 1. The van der Waals surface area contributed by atoms with Crippen LogP contribution in [0, 0.1) is 0 Å². The van der Waals surface area contributed by atoms with Crippen LogP contribution in [0.3, 0.4) is 0 Å². The zero-order chi connectivity index (χ0) is 11.4. The highest BCUT2D eigenvalue weighted by Gasteiger charge is 2.01. The Balaban J connectivity index is 1.92. The Labute approximate surface area is 98.3 Å². The summed E-state index contributed by atoms with van der Waals surface area (Å²) in [6.07, 6.45) is 3.39. The maximum atomic E-state index is 9.57. The molecule has 0 spiro atoms. The van der Waals surface area contributed by atoms with E-state index in [2.05, 4.69) is 15.3 Å². The first kappa shape index (κ1) is 11.0. The van der Waals surface area contributed by atoms with Crippen molar-refractivity contribution in [3.05, 3.63) is 47.0 Å². The number of halogens is 1. The molecule has 2 rings (SSSR count). The number of aromatic hydroxyl groups is 1. The van der Waals surface area contributed by atoms with E-state index < -0.39 is 0 Å². The van der Waals surface area contributed by atoms with Gasteiger partial charge in [-0.3, -0.25) is 0 Å². The predicted octanol–water partition coefficient (Wildman–Crippen LogP) is 2.06. The molecule has 1 aromatic carbocycles. The van der Waals surface area contributed by atoms with Crippen LogP contribution in [0.1, 0.15) is 11.3 Å². The lowest BCUT2D eigenvalue weighted by Gasteiger charge is -2.06. The molecule has 0 bridgehead atoms. The Morgan fingerprint density at radius 1 is 1.38 bits per heavy atom. The number of nitrogens with zero attached hydrogens (tertiary/aromatic N) is 1. The van der Waals surface area contributed by atoms with E-state index in [-0.39, 0.29) is 5.75 Å². The van der Waals surface area contributed by atoms with E-state index in [1.54, 1.807) is 30.7 Å². The Morgan fingerprint density at radius 2 is 2.25 bits per heavy atom. The maximum absolute atomic E-state index is 9.57. The van der Waals surface area contributed by atoms with Gasteiger partial charge in [-0.25, -0.2) is 4.98 Å². The molecule has 0 amide bonds. The topological polar surface area (TPSA) is 60.9 Å². The number of hydrogen-bond donors (Lipinski definition) is 3. The van der Waals surface area contributed by atoms with Crippen LogP contribution in [-0.4, -0.2) is 15.1 Å². The summed E-state index contributed by atoms with van der Waals surface area (Å²) >= 11 is 5.84. The molecule has 0 saturated heterocycles. The second-order valence-electron chi connectivity index (χ2n) is 3.45. The largest absolute Gasteiger partial charge is 0.508 e. The van der Waals surface area contributed by atoms with Gasteiger partial charge in [0.1, 0.15) is 5.75 Å². The standard InChI is InChI=1S/C11H12ClN3O/c12-9-1-2-11(16)8(3-9)4-13-5-10-6-14-7-15-10/h1-3,6-7,13,16H,4-5H2,(H,14,15). The lowest BCUT2D eigenvalue weighted by Crippen LogP contribution is -2.12. The molecule has 0 aliphatic rings. The summed E-state index contributed by atoms with van der Waals surface area (Å²) in [5.41, 5.74) is 1.79. The molecule has 0 aliphatic heterocycles. The minimum atomic E-state index is 0.251. The summed E-state index contributed by atoms with van der Waals surface area (Å²) in [6, 6.07) is 5.00. The van der Waals surface area contributed by atoms with E-state index >= 15 is 0 Å². The number of nitrogens with one attached hydrogen (secondary N) is 2. The van der Waals surface area contributed by atoms with Crippen LogP contribution in [0.25, 0.3) is 0 Å². The van der Waals surface area contributed by atoms with E-state index in [4.69, 9.17) is 11.6 Å². The fourth-order valence-electron chi connectivity index (χ4n) is 1.41. The van der Waals surface area contributed by atoms with Gasteiger partial charge in [0.05, 0.1) is 6.33 Å². The number of aromatic nitrogens is 2. The molecule has 0 fully saturated rings. The highest BCUT2D eigenvalue weighted by Crippen LogP contribution is 2.21. The van der Waals surface area contributed by atoms with Crippen LogP contribution in [0.2, 0.25) is 5.02 Å². The number of hydrogen-bond acceptors (Lipinski definition) is 3. The second kappa shape index (κ2) is 5.01. The smallest absolute Gasteiger partial charge is 0.120 e. The lowest BCUT2D eigenvalue weighted by molar-refractivity contribution is 0.464. The van der Waals surface area contributed by atoms with Gasteiger partial charge < -0.3 is 15.4 Å². The third-order valence-corrected chi connectivity index (χ3v) is 2.46. The van der Waals surface area contributed by atoms with Gasteiger partial charge in [-0.1, -0.05) is 11.6 Å². The van der Waals surface area contributed by atoms with Gasteiger partial charge in [-0.15, -0.1) is 0 Å². The molecule has 84 valence electrons. The highest BCUT2D eigenvalue weighted by molar-refractivity contribution is 6.30. The van der Waals surface area contributed by atoms with Crippen molar-refractivity contribution in [3.8, 4) is 5.75 Å². The maximum Gasteiger partial charge on any atom is 0.120 e. The fraction of sp³-hybridized carbons (Fsp3) is 0.182. The van der Waals surface area contributed by atoms with Crippen molar-refractivity contribution in [3.63, 3.8) is 0 Å². The summed E-state index contributed by atoms with van der Waals surface area (Å²) in [7, 11) is 0. The molecule has 0 aliphatic carbocycles. The molecule has 0 saturated carbocycles. The first-order valence-electron chi connectivity index (χ1n) is 4.91. The zero-order valence-electron chi connectivity index (χ0n) is 8.57. The number of H-pyrrole nitrogens is 1. The summed E-state index contributed by atoms with van der Waals surface area (Å²) < 4.78 is 0. The van der Waals surface area contributed by atoms with Crippen molar-refractivity contribution in [2.75, 3.05) is 0 Å². The second-order valence-corrected chi connectivity index (χ2v) is 3.89. The average molecular weight is 238 g/mol. The van der Waals surface area contributed by atoms with Gasteiger partial charge >= 0.3 is 0 Å². The lowest BCUT2D eigenvalue weighted by atomic mass is 10.2. The number of imidazole rings is 1. The molecular formula is C11H12ClN3O. The fourth-order valence-corrected chi connectivity index (χ4v) is 1.60.